The van der Waals surface area contributed by atoms with Gasteiger partial charge in [0.15, 0.2) is 0 Å². The molecule has 0 heterocycles. The van der Waals surface area contributed by atoms with E-state index in [4.69, 9.17) is 0 Å². The summed E-state index contributed by atoms with van der Waals surface area (Å²) in [6.45, 7) is 6.80. The fourth-order valence-electron chi connectivity index (χ4n) is 0.757. The molecule has 0 unspecified atom stereocenters. The van der Waals surface area contributed by atoms with E-state index < -0.39 is 8.07 Å². The summed E-state index contributed by atoms with van der Waals surface area (Å²) < 4.78 is 1.27. The van der Waals surface area contributed by atoms with E-state index in [1.165, 1.54) is 23.7 Å². The highest BCUT2D eigenvalue weighted by molar-refractivity contribution is 14.1. The molecule has 0 nitrogen and oxygen atoms in total. The van der Waals surface area contributed by atoms with Crippen molar-refractivity contribution in [3.05, 3.63) is 12.2 Å². The van der Waals surface area contributed by atoms with Crippen molar-refractivity contribution in [1.29, 1.82) is 0 Å². The SMILES string of the molecule is C[Si](C)(C)C#C/C=C\CCCCI. The predicted molar refractivity (Wildman–Crippen MR) is 73.0 cm³/mol. The molecule has 0 aliphatic rings. The second-order valence-electron chi connectivity index (χ2n) is 4.11. The van der Waals surface area contributed by atoms with Gasteiger partial charge >= 0.3 is 0 Å². The molecule has 74 valence electrons. The zero-order valence-electron chi connectivity index (χ0n) is 8.86. The van der Waals surface area contributed by atoms with E-state index in [9.17, 15) is 0 Å². The van der Waals surface area contributed by atoms with Gasteiger partial charge in [-0.2, -0.15) is 0 Å². The molecular weight excluding hydrogens is 287 g/mol. The van der Waals surface area contributed by atoms with Crippen molar-refractivity contribution in [1.82, 2.24) is 0 Å². The summed E-state index contributed by atoms with van der Waals surface area (Å²) in [5.41, 5.74) is 3.31. The van der Waals surface area contributed by atoms with Crippen molar-refractivity contribution < 1.29 is 0 Å². The number of halogens is 1. The van der Waals surface area contributed by atoms with Crippen LogP contribution in [0.25, 0.3) is 0 Å². The lowest BCUT2D eigenvalue weighted by atomic mass is 10.2. The Balaban J connectivity index is 3.55. The summed E-state index contributed by atoms with van der Waals surface area (Å²) in [6, 6.07) is 0. The number of rotatable bonds is 4. The van der Waals surface area contributed by atoms with Gasteiger partial charge < -0.3 is 0 Å². The second kappa shape index (κ2) is 7.63. The van der Waals surface area contributed by atoms with Gasteiger partial charge in [-0.05, 0) is 29.8 Å². The first kappa shape index (κ1) is 13.2. The molecular formula is C11H19ISi. The normalized spacial score (nSPS) is 11.4. The highest BCUT2D eigenvalue weighted by atomic mass is 127. The minimum atomic E-state index is -1.15. The molecule has 0 aliphatic heterocycles. The van der Waals surface area contributed by atoms with Crippen molar-refractivity contribution in [3.63, 3.8) is 0 Å². The Kier molecular flexibility index (Phi) is 7.78. The molecule has 0 radical (unpaired) electrons. The zero-order chi connectivity index (χ0) is 10.2. The molecule has 0 amide bonds. The van der Waals surface area contributed by atoms with Crippen molar-refractivity contribution in [3.8, 4) is 11.5 Å². The molecule has 0 fully saturated rings. The van der Waals surface area contributed by atoms with Crippen LogP contribution in [-0.2, 0) is 0 Å². The summed E-state index contributed by atoms with van der Waals surface area (Å²) in [6.07, 6.45) is 8.02. The number of alkyl halides is 1. The van der Waals surface area contributed by atoms with E-state index in [1.807, 2.05) is 6.08 Å². The minimum Gasteiger partial charge on any atom is -0.127 e. The summed E-state index contributed by atoms with van der Waals surface area (Å²) in [7, 11) is -1.15. The maximum atomic E-state index is 3.31. The average molecular weight is 306 g/mol. The third-order valence-electron chi connectivity index (χ3n) is 1.40. The van der Waals surface area contributed by atoms with Crippen LogP contribution in [0.2, 0.25) is 19.6 Å². The van der Waals surface area contributed by atoms with E-state index in [-0.39, 0.29) is 0 Å². The Morgan fingerprint density at radius 3 is 2.46 bits per heavy atom. The van der Waals surface area contributed by atoms with Crippen LogP contribution in [0.3, 0.4) is 0 Å². The molecule has 0 aromatic rings. The first-order chi connectivity index (χ1) is 6.06. The largest absolute Gasteiger partial charge is 0.129 e. The van der Waals surface area contributed by atoms with Crippen molar-refractivity contribution >= 4 is 30.7 Å². The van der Waals surface area contributed by atoms with Gasteiger partial charge in [-0.15, -0.1) is 5.54 Å². The fraction of sp³-hybridized carbons (Fsp3) is 0.636. The smallest absolute Gasteiger partial charge is 0.127 e. The van der Waals surface area contributed by atoms with E-state index in [0.29, 0.717) is 0 Å². The van der Waals surface area contributed by atoms with Gasteiger partial charge in [0.2, 0.25) is 0 Å². The van der Waals surface area contributed by atoms with Crippen LogP contribution in [0.4, 0.5) is 0 Å². The zero-order valence-corrected chi connectivity index (χ0v) is 12.0. The third kappa shape index (κ3) is 12.2. The van der Waals surface area contributed by atoms with E-state index in [0.717, 1.165) is 0 Å². The summed E-state index contributed by atoms with van der Waals surface area (Å²) in [5, 5.41) is 0. The van der Waals surface area contributed by atoms with Gasteiger partial charge in [-0.25, -0.2) is 0 Å². The molecule has 0 atom stereocenters. The Bertz CT molecular complexity index is 202. The van der Waals surface area contributed by atoms with Gasteiger partial charge in [-0.3, -0.25) is 0 Å². The van der Waals surface area contributed by atoms with E-state index in [2.05, 4.69) is 59.8 Å². The lowest BCUT2D eigenvalue weighted by Crippen LogP contribution is -2.16. The van der Waals surface area contributed by atoms with Crippen LogP contribution >= 0.6 is 22.6 Å². The molecule has 0 saturated carbocycles. The third-order valence-corrected chi connectivity index (χ3v) is 3.06. The lowest BCUT2D eigenvalue weighted by Gasteiger charge is -2.02. The van der Waals surface area contributed by atoms with Gasteiger partial charge in [-0.1, -0.05) is 54.2 Å². The van der Waals surface area contributed by atoms with Crippen LogP contribution < -0.4 is 0 Å². The molecule has 0 aromatic heterocycles. The molecule has 0 N–H and O–H groups in total. The average Bonchev–Trinajstić information content (AvgIpc) is 2.01. The van der Waals surface area contributed by atoms with Crippen LogP contribution in [-0.4, -0.2) is 12.5 Å². The first-order valence-corrected chi connectivity index (χ1v) is 9.82. The van der Waals surface area contributed by atoms with Crippen LogP contribution in [0.15, 0.2) is 12.2 Å². The number of allylic oxidation sites excluding steroid dienone is 2. The molecule has 0 aromatic carbocycles. The molecule has 0 aliphatic carbocycles. The monoisotopic (exact) mass is 306 g/mol. The topological polar surface area (TPSA) is 0 Å². The van der Waals surface area contributed by atoms with E-state index >= 15 is 0 Å². The van der Waals surface area contributed by atoms with Crippen LogP contribution in [0.5, 0.6) is 0 Å². The molecule has 0 spiro atoms. The van der Waals surface area contributed by atoms with Gasteiger partial charge in [0, 0.05) is 0 Å². The minimum absolute atomic E-state index is 1.15. The van der Waals surface area contributed by atoms with Crippen molar-refractivity contribution in [2.75, 3.05) is 4.43 Å². The summed E-state index contributed by atoms with van der Waals surface area (Å²) in [5.74, 6) is 3.13. The number of hydrogen-bond donors (Lipinski definition) is 0. The van der Waals surface area contributed by atoms with Crippen LogP contribution in [0.1, 0.15) is 19.3 Å². The van der Waals surface area contributed by atoms with Gasteiger partial charge in [0.1, 0.15) is 8.07 Å². The Hall–Kier alpha value is 0.247. The van der Waals surface area contributed by atoms with Gasteiger partial charge in [0.25, 0.3) is 0 Å². The van der Waals surface area contributed by atoms with Crippen LogP contribution in [0, 0.1) is 11.5 Å². The van der Waals surface area contributed by atoms with Gasteiger partial charge in [0.05, 0.1) is 0 Å². The Labute approximate surface area is 97.3 Å². The fourth-order valence-corrected chi connectivity index (χ4v) is 1.81. The predicted octanol–water partition coefficient (Wildman–Crippen LogP) is 4.03. The summed E-state index contributed by atoms with van der Waals surface area (Å²) >= 11 is 2.42. The Morgan fingerprint density at radius 1 is 1.23 bits per heavy atom. The molecule has 13 heavy (non-hydrogen) atoms. The second-order valence-corrected chi connectivity index (χ2v) is 9.94. The standard InChI is InChI=1S/C11H19ISi/c1-13(2,3)11-9-7-5-4-6-8-10-12/h5,7H,4,6,8,10H2,1-3H3/b7-5-. The molecule has 0 rings (SSSR count). The highest BCUT2D eigenvalue weighted by Gasteiger charge is 2.06. The molecule has 0 bridgehead atoms. The maximum absolute atomic E-state index is 3.31. The lowest BCUT2D eigenvalue weighted by molar-refractivity contribution is 0.831. The highest BCUT2D eigenvalue weighted by Crippen LogP contribution is 1.99. The van der Waals surface area contributed by atoms with Crippen molar-refractivity contribution in [2.24, 2.45) is 0 Å². The molecule has 0 saturated heterocycles. The quantitative estimate of drug-likeness (QED) is 0.242. The first-order valence-electron chi connectivity index (χ1n) is 4.80. The van der Waals surface area contributed by atoms with E-state index in [1.54, 1.807) is 0 Å². The number of unbranched alkanes of at least 4 members (excludes halogenated alkanes) is 2. The summed E-state index contributed by atoms with van der Waals surface area (Å²) in [4.78, 5) is 0. The number of hydrogen-bond acceptors (Lipinski definition) is 0. The molecule has 2 heteroatoms. The maximum Gasteiger partial charge on any atom is 0.129 e. The Morgan fingerprint density at radius 2 is 1.92 bits per heavy atom. The van der Waals surface area contributed by atoms with Crippen molar-refractivity contribution in [2.45, 2.75) is 38.9 Å².